The Hall–Kier alpha value is -4.29. The molecule has 4 atom stereocenters. The summed E-state index contributed by atoms with van der Waals surface area (Å²) >= 11 is 0. The number of hydrogen-bond acceptors (Lipinski definition) is 8. The van der Waals surface area contributed by atoms with Crippen molar-refractivity contribution in [3.05, 3.63) is 35.9 Å². The first kappa shape index (κ1) is 43.1. The first-order chi connectivity index (χ1) is 24.9. The molecule has 2 aliphatic rings. The van der Waals surface area contributed by atoms with Gasteiger partial charge in [0.05, 0.1) is 19.2 Å². The van der Waals surface area contributed by atoms with Crippen LogP contribution in [0.15, 0.2) is 30.3 Å². The van der Waals surface area contributed by atoms with Crippen LogP contribution in [0.1, 0.15) is 112 Å². The Bertz CT molecular complexity index is 1450. The summed E-state index contributed by atoms with van der Waals surface area (Å²) in [5.41, 5.74) is 0.153. The summed E-state index contributed by atoms with van der Waals surface area (Å²) in [5.74, 6) is -4.25. The van der Waals surface area contributed by atoms with Crippen LogP contribution >= 0.6 is 0 Å². The summed E-state index contributed by atoms with van der Waals surface area (Å²) in [6, 6.07) is 4.79. The fourth-order valence-electron chi connectivity index (χ4n) is 7.06. The molecule has 4 N–H and O–H groups in total. The van der Waals surface area contributed by atoms with E-state index in [-0.39, 0.29) is 54.9 Å². The van der Waals surface area contributed by atoms with Gasteiger partial charge in [0.15, 0.2) is 5.78 Å². The van der Waals surface area contributed by atoms with Gasteiger partial charge in [0.2, 0.25) is 23.5 Å². The normalized spacial score (nSPS) is 18.9. The summed E-state index contributed by atoms with van der Waals surface area (Å²) < 4.78 is 5.37. The summed E-state index contributed by atoms with van der Waals surface area (Å²) in [4.78, 5) is 95.1. The zero-order valence-corrected chi connectivity index (χ0v) is 32.8. The van der Waals surface area contributed by atoms with E-state index in [9.17, 15) is 33.6 Å². The molecule has 1 heterocycles. The maximum Gasteiger partial charge on any atom is 0.407 e. The summed E-state index contributed by atoms with van der Waals surface area (Å²) in [5, 5.41) is 10.6. The monoisotopic (exact) mass is 739 g/mol. The van der Waals surface area contributed by atoms with Crippen LogP contribution < -0.4 is 21.3 Å². The number of nitrogens with zero attached hydrogens (tertiary/aromatic N) is 1. The van der Waals surface area contributed by atoms with Gasteiger partial charge in [-0.2, -0.15) is 0 Å². The van der Waals surface area contributed by atoms with Crippen LogP contribution in [-0.4, -0.2) is 84.0 Å². The van der Waals surface area contributed by atoms with Gasteiger partial charge in [-0.25, -0.2) is 4.79 Å². The van der Waals surface area contributed by atoms with E-state index in [2.05, 4.69) is 21.3 Å². The minimum atomic E-state index is -1.22. The molecular weight excluding hydrogens is 678 g/mol. The highest BCUT2D eigenvalue weighted by molar-refractivity contribution is 6.38. The highest BCUT2D eigenvalue weighted by atomic mass is 16.5. The Balaban J connectivity index is 1.74. The average Bonchev–Trinajstić information content (AvgIpc) is 3.45. The molecule has 294 valence electrons. The Kier molecular flexibility index (Phi) is 16.0. The maximum absolute atomic E-state index is 14.3. The molecule has 0 aromatic heterocycles. The van der Waals surface area contributed by atoms with Gasteiger partial charge in [-0.1, -0.05) is 105 Å². The molecule has 1 saturated carbocycles. The number of amides is 5. The Morgan fingerprint density at radius 1 is 0.849 bits per heavy atom. The van der Waals surface area contributed by atoms with Crippen molar-refractivity contribution in [1.29, 1.82) is 0 Å². The van der Waals surface area contributed by atoms with Crippen LogP contribution in [0.4, 0.5) is 4.79 Å². The topological polar surface area (TPSA) is 180 Å². The maximum atomic E-state index is 14.3. The van der Waals surface area contributed by atoms with Gasteiger partial charge < -0.3 is 30.9 Å². The molecule has 53 heavy (non-hydrogen) atoms. The number of carbonyl (C=O) groups is 7. The van der Waals surface area contributed by atoms with E-state index in [1.807, 2.05) is 41.5 Å². The zero-order valence-electron chi connectivity index (χ0n) is 32.8. The van der Waals surface area contributed by atoms with Crippen molar-refractivity contribution in [3.63, 3.8) is 0 Å². The van der Waals surface area contributed by atoms with Crippen LogP contribution in [0.5, 0.6) is 0 Å². The van der Waals surface area contributed by atoms with Crippen molar-refractivity contribution in [2.75, 3.05) is 19.7 Å². The van der Waals surface area contributed by atoms with Gasteiger partial charge >= 0.3 is 6.09 Å². The molecule has 0 bridgehead atoms. The molecule has 1 aliphatic heterocycles. The number of alkyl carbamates (subject to hydrolysis) is 1. The molecule has 3 rings (SSSR count). The lowest BCUT2D eigenvalue weighted by Crippen LogP contribution is -2.58. The van der Waals surface area contributed by atoms with E-state index in [1.54, 1.807) is 44.2 Å². The zero-order chi connectivity index (χ0) is 39.5. The summed E-state index contributed by atoms with van der Waals surface area (Å²) in [7, 11) is 0. The van der Waals surface area contributed by atoms with Gasteiger partial charge in [0.25, 0.3) is 5.91 Å². The molecule has 1 aromatic rings. The number of nitrogens with one attached hydrogen (secondary N) is 4. The van der Waals surface area contributed by atoms with E-state index < -0.39 is 65.7 Å². The number of Topliss-reactive ketones (excluding diaryl/α,β-unsaturated/α-hetero) is 2. The predicted molar refractivity (Wildman–Crippen MR) is 200 cm³/mol. The lowest BCUT2D eigenvalue weighted by atomic mass is 9.83. The van der Waals surface area contributed by atoms with E-state index in [4.69, 9.17) is 4.74 Å². The number of ketones is 2. The Morgan fingerprint density at radius 2 is 1.49 bits per heavy atom. The van der Waals surface area contributed by atoms with Crippen LogP contribution in [0.3, 0.4) is 0 Å². The molecule has 1 aromatic carbocycles. The molecule has 1 aliphatic carbocycles. The number of likely N-dealkylation sites (tertiary alicyclic amines) is 1. The van der Waals surface area contributed by atoms with Gasteiger partial charge in [0.1, 0.15) is 18.1 Å². The van der Waals surface area contributed by atoms with E-state index >= 15 is 0 Å². The highest BCUT2D eigenvalue weighted by Crippen LogP contribution is 2.36. The fourth-order valence-corrected chi connectivity index (χ4v) is 7.06. The SMILES string of the molecule is CC(C)COC(=O)N[C@H](C(=O)N1CC(C)(C)C[C@H]1C(=O)N[C@@H](CC(C)C)C(=O)C(=O)NCC(=O)N[C@H](C(=O)C(C)C)c1ccccc1)C1CCCCC1. The van der Waals surface area contributed by atoms with E-state index in [0.29, 0.717) is 12.0 Å². The fraction of sp³-hybridized carbons (Fsp3) is 0.675. The molecule has 0 unspecified atom stereocenters. The minimum Gasteiger partial charge on any atom is -0.449 e. The van der Waals surface area contributed by atoms with Crippen molar-refractivity contribution in [2.24, 2.45) is 29.1 Å². The van der Waals surface area contributed by atoms with Gasteiger partial charge in [-0.05, 0) is 54.4 Å². The number of ether oxygens (including phenoxy) is 1. The number of rotatable bonds is 17. The lowest BCUT2D eigenvalue weighted by molar-refractivity contribution is -0.143. The van der Waals surface area contributed by atoms with Crippen LogP contribution in [0.2, 0.25) is 0 Å². The first-order valence-corrected chi connectivity index (χ1v) is 19.1. The lowest BCUT2D eigenvalue weighted by Gasteiger charge is -2.35. The second-order valence-electron chi connectivity index (χ2n) is 16.6. The third-order valence-electron chi connectivity index (χ3n) is 9.78. The molecular formula is C40H61N5O8. The van der Waals surface area contributed by atoms with Crippen LogP contribution in [0.25, 0.3) is 0 Å². The smallest absolute Gasteiger partial charge is 0.407 e. The molecule has 0 radical (unpaired) electrons. The third-order valence-corrected chi connectivity index (χ3v) is 9.78. The number of benzene rings is 1. The van der Waals surface area contributed by atoms with Crippen molar-refractivity contribution in [2.45, 2.75) is 125 Å². The second-order valence-corrected chi connectivity index (χ2v) is 16.6. The number of hydrogen-bond donors (Lipinski definition) is 4. The van der Waals surface area contributed by atoms with Crippen LogP contribution in [0, 0.1) is 29.1 Å². The molecule has 1 saturated heterocycles. The average molecular weight is 740 g/mol. The standard InChI is InChI=1S/C40H61N5O8/c1-24(2)19-29(35(48)37(50)41-21-31(46)43-32(34(47)26(5)6)27-15-11-9-12-16-27)42-36(49)30-20-40(7,8)23-45(30)38(51)33(28-17-13-10-14-18-28)44-39(52)53-22-25(3)4/h9,11-12,15-16,24-26,28-30,32-33H,10,13-14,17-23H2,1-8H3,(H,41,50)(H,42,49)(H,43,46)(H,44,52)/t29-,30-,32-,33-/m0/s1. The molecule has 2 fully saturated rings. The van der Waals surface area contributed by atoms with E-state index in [0.717, 1.165) is 32.1 Å². The second kappa shape index (κ2) is 19.7. The predicted octanol–water partition coefficient (Wildman–Crippen LogP) is 4.24. The molecule has 13 nitrogen and oxygen atoms in total. The van der Waals surface area contributed by atoms with Crippen molar-refractivity contribution >= 4 is 41.3 Å². The van der Waals surface area contributed by atoms with Crippen molar-refractivity contribution < 1.29 is 38.3 Å². The van der Waals surface area contributed by atoms with Crippen LogP contribution in [-0.2, 0) is 33.5 Å². The summed E-state index contributed by atoms with van der Waals surface area (Å²) in [6.45, 7) is 14.8. The van der Waals surface area contributed by atoms with Crippen molar-refractivity contribution in [3.8, 4) is 0 Å². The Morgan fingerprint density at radius 3 is 2.08 bits per heavy atom. The third kappa shape index (κ3) is 13.0. The van der Waals surface area contributed by atoms with E-state index in [1.165, 1.54) is 4.90 Å². The first-order valence-electron chi connectivity index (χ1n) is 19.1. The van der Waals surface area contributed by atoms with Gasteiger partial charge in [-0.3, -0.25) is 28.8 Å². The van der Waals surface area contributed by atoms with Crippen molar-refractivity contribution in [1.82, 2.24) is 26.2 Å². The highest BCUT2D eigenvalue weighted by Gasteiger charge is 2.47. The van der Waals surface area contributed by atoms with Gasteiger partial charge in [0, 0.05) is 12.5 Å². The quantitative estimate of drug-likeness (QED) is 0.171. The largest absolute Gasteiger partial charge is 0.449 e. The number of carbonyl (C=O) groups excluding carboxylic acids is 7. The Labute approximate surface area is 314 Å². The minimum absolute atomic E-state index is 0.0940. The molecule has 13 heteroatoms. The molecule has 5 amide bonds. The molecule has 0 spiro atoms. The van der Waals surface area contributed by atoms with Gasteiger partial charge in [-0.15, -0.1) is 0 Å². The summed E-state index contributed by atoms with van der Waals surface area (Å²) in [6.07, 6.45) is 4.20.